The van der Waals surface area contributed by atoms with Gasteiger partial charge in [-0.2, -0.15) is 8.42 Å². The number of aliphatic hydroxyl groups excluding tert-OH is 1. The van der Waals surface area contributed by atoms with Gasteiger partial charge in [-0.3, -0.25) is 4.55 Å². The maximum atomic E-state index is 10.5. The fourth-order valence-corrected chi connectivity index (χ4v) is 1.46. The molecule has 0 unspecified atom stereocenters. The summed E-state index contributed by atoms with van der Waals surface area (Å²) in [6.07, 6.45) is -1.16. The smallest absolute Gasteiger partial charge is 0.387 e. The Morgan fingerprint density at radius 1 is 1.62 bits per heavy atom. The topological polar surface area (TPSA) is 95.9 Å². The first kappa shape index (κ1) is 8.94. The zero-order valence-corrected chi connectivity index (χ0v) is 8.94. The summed E-state index contributed by atoms with van der Waals surface area (Å²) in [7, 11) is -4.64. The Hall–Kier alpha value is -1.15. The lowest BCUT2D eigenvalue weighted by Crippen LogP contribution is -2.16. The van der Waals surface area contributed by atoms with Gasteiger partial charge in [0.25, 0.3) is 0 Å². The Balaban J connectivity index is 2.76. The van der Waals surface area contributed by atoms with Gasteiger partial charge < -0.3 is 14.6 Å². The molecule has 0 aromatic heterocycles. The average molecular weight is 250 g/mol. The minimum atomic E-state index is -4.64. The first-order chi connectivity index (χ1) is 8.57. The molecule has 0 saturated heterocycles. The lowest BCUT2D eigenvalue weighted by atomic mass is 10.1. The average Bonchev–Trinajstić information content (AvgIpc) is 2.23. The first-order valence-corrected chi connectivity index (χ1v) is 5.63. The molecule has 0 aliphatic carbocycles. The lowest BCUT2D eigenvalue weighted by molar-refractivity contribution is 0.177. The highest BCUT2D eigenvalue weighted by atomic mass is 32.3. The van der Waals surface area contributed by atoms with Gasteiger partial charge in [-0.15, -0.1) is 0 Å². The minimum Gasteiger partial charge on any atom is -0.387 e. The fraction of sp³-hybridized carbons (Fsp3) is 0.333. The van der Waals surface area contributed by atoms with Crippen LogP contribution in [0.3, 0.4) is 0 Å². The van der Waals surface area contributed by atoms with E-state index in [2.05, 4.69) is 9.50 Å². The molecule has 1 rings (SSSR count). The zero-order chi connectivity index (χ0) is 14.7. The molecule has 0 amide bonds. The van der Waals surface area contributed by atoms with E-state index in [-0.39, 0.29) is 17.9 Å². The SMILES string of the molecule is [2H]C([2H])([2H])NC[C@H](O)c1cccc(OS(=O)(=O)O)c1. The van der Waals surface area contributed by atoms with Crippen molar-refractivity contribution in [3.8, 4) is 5.75 Å². The molecule has 7 heteroatoms. The van der Waals surface area contributed by atoms with Crippen LogP contribution in [0.2, 0.25) is 0 Å². The van der Waals surface area contributed by atoms with Crippen LogP contribution in [0.1, 0.15) is 15.8 Å². The van der Waals surface area contributed by atoms with Crippen molar-refractivity contribution in [3.05, 3.63) is 29.8 Å². The van der Waals surface area contributed by atoms with Crippen molar-refractivity contribution < 1.29 is 26.4 Å². The Morgan fingerprint density at radius 3 is 3.00 bits per heavy atom. The molecule has 1 atom stereocenters. The Morgan fingerprint density at radius 2 is 2.38 bits per heavy atom. The third-order valence-corrected chi connectivity index (χ3v) is 2.14. The summed E-state index contributed by atoms with van der Waals surface area (Å²) < 4.78 is 54.5. The van der Waals surface area contributed by atoms with Crippen LogP contribution >= 0.6 is 0 Å². The largest absolute Gasteiger partial charge is 0.446 e. The van der Waals surface area contributed by atoms with Gasteiger partial charge in [0.1, 0.15) is 5.75 Å². The molecule has 16 heavy (non-hydrogen) atoms. The molecule has 0 radical (unpaired) electrons. The summed E-state index contributed by atoms with van der Waals surface area (Å²) in [5.41, 5.74) is 0.248. The molecule has 0 fully saturated rings. The van der Waals surface area contributed by atoms with Crippen LogP contribution in [0.15, 0.2) is 24.3 Å². The van der Waals surface area contributed by atoms with E-state index in [9.17, 15) is 13.5 Å². The van der Waals surface area contributed by atoms with Crippen molar-refractivity contribution in [1.29, 1.82) is 0 Å². The predicted octanol–water partition coefficient (Wildman–Crippen LogP) is 0.121. The number of rotatable bonds is 5. The van der Waals surface area contributed by atoms with Crippen molar-refractivity contribution in [2.24, 2.45) is 0 Å². The lowest BCUT2D eigenvalue weighted by Gasteiger charge is -2.11. The molecule has 1 aromatic carbocycles. The van der Waals surface area contributed by atoms with Gasteiger partial charge >= 0.3 is 10.4 Å². The van der Waals surface area contributed by atoms with E-state index in [1.54, 1.807) is 0 Å². The molecule has 1 aromatic rings. The van der Waals surface area contributed by atoms with E-state index in [0.29, 0.717) is 0 Å². The third kappa shape index (κ3) is 4.15. The van der Waals surface area contributed by atoms with Crippen LogP contribution in [-0.2, 0) is 10.4 Å². The number of nitrogens with one attached hydrogen (secondary N) is 1. The van der Waals surface area contributed by atoms with E-state index in [4.69, 9.17) is 8.67 Å². The molecular weight excluding hydrogens is 234 g/mol. The van der Waals surface area contributed by atoms with Gasteiger partial charge in [-0.25, -0.2) is 0 Å². The van der Waals surface area contributed by atoms with Crippen molar-refractivity contribution >= 4 is 10.4 Å². The van der Waals surface area contributed by atoms with E-state index < -0.39 is 23.5 Å². The summed E-state index contributed by atoms with van der Waals surface area (Å²) >= 11 is 0. The Bertz CT molecular complexity index is 531. The molecule has 0 spiro atoms. The predicted molar refractivity (Wildman–Crippen MR) is 57.5 cm³/mol. The standard InChI is InChI=1S/C9H13NO5S/c1-10-6-9(11)7-3-2-4-8(5-7)15-16(12,13)14/h2-5,9-11H,6H2,1H3,(H,12,13,14)/t9-/m0/s1/i1D3. The summed E-state index contributed by atoms with van der Waals surface area (Å²) in [4.78, 5) is 0. The zero-order valence-electron chi connectivity index (χ0n) is 11.1. The molecular formula is C9H13NO5S. The van der Waals surface area contributed by atoms with Crippen LogP contribution in [0.25, 0.3) is 0 Å². The van der Waals surface area contributed by atoms with Crippen molar-refractivity contribution in [2.75, 3.05) is 13.5 Å². The second-order valence-electron chi connectivity index (χ2n) is 2.98. The third-order valence-electron chi connectivity index (χ3n) is 1.74. The Labute approximate surface area is 98.0 Å². The fourth-order valence-electron chi connectivity index (χ4n) is 1.11. The van der Waals surface area contributed by atoms with Crippen molar-refractivity contribution in [3.63, 3.8) is 0 Å². The number of hydrogen-bond donors (Lipinski definition) is 3. The number of hydrogen-bond acceptors (Lipinski definition) is 5. The van der Waals surface area contributed by atoms with Gasteiger partial charge in [-0.05, 0) is 24.7 Å². The van der Waals surface area contributed by atoms with Crippen LogP contribution < -0.4 is 9.50 Å². The highest BCUT2D eigenvalue weighted by Gasteiger charge is 2.10. The highest BCUT2D eigenvalue weighted by Crippen LogP contribution is 2.19. The van der Waals surface area contributed by atoms with E-state index in [1.165, 1.54) is 24.3 Å². The molecule has 0 saturated carbocycles. The van der Waals surface area contributed by atoms with Gasteiger partial charge in [0.15, 0.2) is 0 Å². The number of benzene rings is 1. The molecule has 90 valence electrons. The first-order valence-electron chi connectivity index (χ1n) is 5.77. The quantitative estimate of drug-likeness (QED) is 0.642. The van der Waals surface area contributed by atoms with Crippen LogP contribution in [0, 0.1) is 0 Å². The summed E-state index contributed by atoms with van der Waals surface area (Å²) in [5, 5.41) is 11.9. The molecule has 0 aliphatic rings. The monoisotopic (exact) mass is 250 g/mol. The molecule has 6 nitrogen and oxygen atoms in total. The Kier molecular flexibility index (Phi) is 2.94. The second kappa shape index (κ2) is 5.26. The van der Waals surface area contributed by atoms with E-state index >= 15 is 0 Å². The van der Waals surface area contributed by atoms with Gasteiger partial charge in [0.05, 0.1) is 6.10 Å². The second-order valence-corrected chi connectivity index (χ2v) is 4.00. The van der Waals surface area contributed by atoms with Crippen LogP contribution in [0.5, 0.6) is 5.75 Å². The van der Waals surface area contributed by atoms with Crippen LogP contribution in [0.4, 0.5) is 0 Å². The summed E-state index contributed by atoms with van der Waals surface area (Å²) in [6.45, 7) is -2.63. The van der Waals surface area contributed by atoms with Gasteiger partial charge in [0, 0.05) is 10.7 Å². The molecule has 3 N–H and O–H groups in total. The minimum absolute atomic E-state index is 0.187. The molecule has 0 aliphatic heterocycles. The van der Waals surface area contributed by atoms with Crippen LogP contribution in [-0.4, -0.2) is 31.6 Å². The van der Waals surface area contributed by atoms with E-state index in [1.807, 2.05) is 0 Å². The molecule has 0 bridgehead atoms. The molecule has 0 heterocycles. The number of aliphatic hydroxyl groups is 1. The highest BCUT2D eigenvalue weighted by molar-refractivity contribution is 7.81. The van der Waals surface area contributed by atoms with Crippen molar-refractivity contribution in [2.45, 2.75) is 6.10 Å². The van der Waals surface area contributed by atoms with Gasteiger partial charge in [-0.1, -0.05) is 12.1 Å². The summed E-state index contributed by atoms with van der Waals surface area (Å²) in [6, 6.07) is 5.30. The van der Waals surface area contributed by atoms with E-state index in [0.717, 1.165) is 0 Å². The maximum absolute atomic E-state index is 10.5. The van der Waals surface area contributed by atoms with Crippen molar-refractivity contribution in [1.82, 2.24) is 5.32 Å². The van der Waals surface area contributed by atoms with Gasteiger partial charge in [0.2, 0.25) is 0 Å². The maximum Gasteiger partial charge on any atom is 0.446 e. The summed E-state index contributed by atoms with van der Waals surface area (Å²) in [5.74, 6) is -0.187. The number of likely N-dealkylation sites (N-methyl/N-ethyl adjacent to an activating group) is 1. The normalized spacial score (nSPS) is 17.0.